The number of para-hydroxylation sites is 2. The van der Waals surface area contributed by atoms with E-state index in [4.69, 9.17) is 9.47 Å². The van der Waals surface area contributed by atoms with Gasteiger partial charge in [0.1, 0.15) is 6.61 Å². The molecule has 2 N–H and O–H groups in total. The van der Waals surface area contributed by atoms with Crippen LogP contribution in [0, 0.1) is 0 Å². The van der Waals surface area contributed by atoms with Gasteiger partial charge in [0, 0.05) is 12.6 Å². The maximum absolute atomic E-state index is 12.4. The Balaban J connectivity index is 1.38. The summed E-state index contributed by atoms with van der Waals surface area (Å²) in [5.41, 5.74) is 2.61. The lowest BCUT2D eigenvalue weighted by Crippen LogP contribution is -2.47. The summed E-state index contributed by atoms with van der Waals surface area (Å²) in [4.78, 5) is 12.4. The van der Waals surface area contributed by atoms with Crippen LogP contribution in [0.2, 0.25) is 0 Å². The van der Waals surface area contributed by atoms with E-state index in [0.717, 1.165) is 13.0 Å². The summed E-state index contributed by atoms with van der Waals surface area (Å²) in [5, 5.41) is 6.45. The van der Waals surface area contributed by atoms with Crippen LogP contribution in [0.25, 0.3) is 0 Å². The van der Waals surface area contributed by atoms with Gasteiger partial charge >= 0.3 is 0 Å². The molecule has 5 nitrogen and oxygen atoms in total. The number of carbonyl (C=O) groups excluding carboxylic acids is 1. The minimum absolute atomic E-state index is 0.135. The Morgan fingerprint density at radius 1 is 1.12 bits per heavy atom. The molecule has 2 atom stereocenters. The Hall–Kier alpha value is -2.53. The van der Waals surface area contributed by atoms with Gasteiger partial charge in [0.25, 0.3) is 5.91 Å². The van der Waals surface area contributed by atoms with Gasteiger partial charge in [-0.2, -0.15) is 0 Å². The van der Waals surface area contributed by atoms with Crippen molar-refractivity contribution in [2.75, 3.05) is 19.7 Å². The van der Waals surface area contributed by atoms with E-state index in [1.807, 2.05) is 30.3 Å². The van der Waals surface area contributed by atoms with Crippen molar-refractivity contribution in [2.45, 2.75) is 18.6 Å². The Kier molecular flexibility index (Phi) is 4.09. The maximum Gasteiger partial charge on any atom is 0.264 e. The fraction of sp³-hybridized carbons (Fsp3) is 0.316. The number of nitrogens with one attached hydrogen (secondary N) is 2. The minimum atomic E-state index is -0.612. The molecule has 0 fully saturated rings. The predicted molar refractivity (Wildman–Crippen MR) is 90.3 cm³/mol. The zero-order chi connectivity index (χ0) is 16.4. The van der Waals surface area contributed by atoms with E-state index in [2.05, 4.69) is 28.8 Å². The normalized spacial score (nSPS) is 21.7. The van der Waals surface area contributed by atoms with Crippen LogP contribution in [-0.2, 0) is 11.2 Å². The molecule has 0 saturated heterocycles. The number of fused-ring (bicyclic) bond motifs is 2. The average molecular weight is 324 g/mol. The molecule has 0 bridgehead atoms. The number of ether oxygens (including phenoxy) is 2. The summed E-state index contributed by atoms with van der Waals surface area (Å²) >= 11 is 0. The molecule has 0 aliphatic carbocycles. The van der Waals surface area contributed by atoms with Crippen molar-refractivity contribution in [3.05, 3.63) is 59.7 Å². The zero-order valence-corrected chi connectivity index (χ0v) is 13.3. The van der Waals surface area contributed by atoms with Crippen molar-refractivity contribution in [3.63, 3.8) is 0 Å². The van der Waals surface area contributed by atoms with Gasteiger partial charge in [0.2, 0.25) is 6.10 Å². The van der Waals surface area contributed by atoms with E-state index in [-0.39, 0.29) is 18.6 Å². The van der Waals surface area contributed by atoms with E-state index in [0.29, 0.717) is 18.0 Å². The SMILES string of the molecule is O=C(NCC1NCCc2ccccc21)C1COc2ccccc2O1. The minimum Gasteiger partial charge on any atom is -0.485 e. The average Bonchev–Trinajstić information content (AvgIpc) is 2.65. The number of amides is 1. The standard InChI is InChI=1S/C19H20N2O3/c22-19(18-12-23-16-7-3-4-8-17(16)24-18)21-11-15-14-6-2-1-5-13(14)9-10-20-15/h1-8,15,18,20H,9-12H2,(H,21,22). The highest BCUT2D eigenvalue weighted by atomic mass is 16.6. The summed E-state index contributed by atoms with van der Waals surface area (Å²) in [6.07, 6.45) is 0.412. The van der Waals surface area contributed by atoms with Gasteiger partial charge in [0.15, 0.2) is 11.5 Å². The smallest absolute Gasteiger partial charge is 0.264 e. The van der Waals surface area contributed by atoms with Gasteiger partial charge in [-0.25, -0.2) is 0 Å². The highest BCUT2D eigenvalue weighted by Crippen LogP contribution is 2.31. The first-order chi connectivity index (χ1) is 11.8. The first kappa shape index (κ1) is 15.0. The van der Waals surface area contributed by atoms with Crippen molar-refractivity contribution in [2.24, 2.45) is 0 Å². The fourth-order valence-corrected chi connectivity index (χ4v) is 3.24. The van der Waals surface area contributed by atoms with Crippen molar-refractivity contribution in [1.29, 1.82) is 0 Å². The quantitative estimate of drug-likeness (QED) is 0.904. The third kappa shape index (κ3) is 2.95. The van der Waals surface area contributed by atoms with E-state index in [9.17, 15) is 4.79 Å². The molecule has 0 aromatic heterocycles. The van der Waals surface area contributed by atoms with E-state index in [1.54, 1.807) is 0 Å². The van der Waals surface area contributed by atoms with Gasteiger partial charge in [-0.3, -0.25) is 4.79 Å². The molecule has 2 aliphatic rings. The zero-order valence-electron chi connectivity index (χ0n) is 13.3. The van der Waals surface area contributed by atoms with Gasteiger partial charge in [-0.05, 0) is 36.2 Å². The molecule has 24 heavy (non-hydrogen) atoms. The second-order valence-corrected chi connectivity index (χ2v) is 6.06. The molecule has 0 saturated carbocycles. The second-order valence-electron chi connectivity index (χ2n) is 6.06. The number of benzene rings is 2. The van der Waals surface area contributed by atoms with Crippen LogP contribution in [0.15, 0.2) is 48.5 Å². The Morgan fingerprint density at radius 3 is 2.83 bits per heavy atom. The molecule has 2 aromatic rings. The highest BCUT2D eigenvalue weighted by molar-refractivity contribution is 5.81. The summed E-state index contributed by atoms with van der Waals surface area (Å²) < 4.78 is 11.3. The van der Waals surface area contributed by atoms with E-state index >= 15 is 0 Å². The van der Waals surface area contributed by atoms with Crippen molar-refractivity contribution in [3.8, 4) is 11.5 Å². The molecule has 4 rings (SSSR count). The van der Waals surface area contributed by atoms with Crippen LogP contribution >= 0.6 is 0 Å². The molecule has 124 valence electrons. The summed E-state index contributed by atoms with van der Waals surface area (Å²) in [6, 6.07) is 15.9. The van der Waals surface area contributed by atoms with Crippen LogP contribution < -0.4 is 20.1 Å². The number of rotatable bonds is 3. The topological polar surface area (TPSA) is 59.6 Å². The Morgan fingerprint density at radius 2 is 1.92 bits per heavy atom. The molecule has 2 heterocycles. The summed E-state index contributed by atoms with van der Waals surface area (Å²) in [7, 11) is 0. The van der Waals surface area contributed by atoms with Gasteiger partial charge in [-0.1, -0.05) is 36.4 Å². The number of carbonyl (C=O) groups is 1. The third-order valence-electron chi connectivity index (χ3n) is 4.50. The second kappa shape index (κ2) is 6.53. The highest BCUT2D eigenvalue weighted by Gasteiger charge is 2.28. The van der Waals surface area contributed by atoms with Crippen LogP contribution in [0.1, 0.15) is 17.2 Å². The predicted octanol–water partition coefficient (Wildman–Crippen LogP) is 1.83. The van der Waals surface area contributed by atoms with Crippen LogP contribution in [-0.4, -0.2) is 31.7 Å². The van der Waals surface area contributed by atoms with E-state index in [1.165, 1.54) is 11.1 Å². The lowest BCUT2D eigenvalue weighted by atomic mass is 9.94. The van der Waals surface area contributed by atoms with Crippen LogP contribution in [0.5, 0.6) is 11.5 Å². The molecule has 2 aliphatic heterocycles. The molecule has 1 amide bonds. The molecule has 2 aromatic carbocycles. The molecule has 0 spiro atoms. The lowest BCUT2D eigenvalue weighted by molar-refractivity contribution is -0.130. The fourth-order valence-electron chi connectivity index (χ4n) is 3.24. The molecule has 5 heteroatoms. The van der Waals surface area contributed by atoms with Crippen LogP contribution in [0.4, 0.5) is 0 Å². The van der Waals surface area contributed by atoms with Crippen molar-refractivity contribution < 1.29 is 14.3 Å². The van der Waals surface area contributed by atoms with Gasteiger partial charge in [0.05, 0.1) is 0 Å². The maximum atomic E-state index is 12.4. The molecule has 2 unspecified atom stereocenters. The Bertz CT molecular complexity index is 747. The molecular formula is C19H20N2O3. The third-order valence-corrected chi connectivity index (χ3v) is 4.50. The summed E-state index contributed by atoms with van der Waals surface area (Å²) in [6.45, 7) is 1.70. The van der Waals surface area contributed by atoms with Gasteiger partial charge < -0.3 is 20.1 Å². The first-order valence-electron chi connectivity index (χ1n) is 8.28. The lowest BCUT2D eigenvalue weighted by Gasteiger charge is -2.29. The first-order valence-corrected chi connectivity index (χ1v) is 8.28. The number of hydrogen-bond acceptors (Lipinski definition) is 4. The van der Waals surface area contributed by atoms with E-state index < -0.39 is 6.10 Å². The van der Waals surface area contributed by atoms with Gasteiger partial charge in [-0.15, -0.1) is 0 Å². The molecular weight excluding hydrogens is 304 g/mol. The monoisotopic (exact) mass is 324 g/mol. The molecule has 0 radical (unpaired) electrons. The largest absolute Gasteiger partial charge is 0.485 e. The summed E-state index contributed by atoms with van der Waals surface area (Å²) in [5.74, 6) is 1.16. The van der Waals surface area contributed by atoms with Crippen LogP contribution in [0.3, 0.4) is 0 Å². The number of hydrogen-bond donors (Lipinski definition) is 2. The Labute approximate surface area is 141 Å². The van der Waals surface area contributed by atoms with Crippen molar-refractivity contribution in [1.82, 2.24) is 10.6 Å². The van der Waals surface area contributed by atoms with Crippen molar-refractivity contribution >= 4 is 5.91 Å².